The van der Waals surface area contributed by atoms with Crippen LogP contribution in [0.4, 0.5) is 5.69 Å². The first-order valence-electron chi connectivity index (χ1n) is 10.8. The number of carbonyl (C=O) groups excluding carboxylic acids is 2. The molecule has 1 aliphatic rings. The maximum Gasteiger partial charge on any atom is 0.295 e. The zero-order valence-electron chi connectivity index (χ0n) is 18.6. The van der Waals surface area contributed by atoms with E-state index in [2.05, 4.69) is 5.32 Å². The molecular formula is C23H32N4O3S. The fourth-order valence-electron chi connectivity index (χ4n) is 4.09. The normalized spacial score (nSPS) is 14.4. The maximum atomic E-state index is 12.9. The zero-order valence-corrected chi connectivity index (χ0v) is 19.4. The van der Waals surface area contributed by atoms with Crippen molar-refractivity contribution < 1.29 is 9.59 Å². The fourth-order valence-corrected chi connectivity index (χ4v) is 4.84. The van der Waals surface area contributed by atoms with Crippen molar-refractivity contribution in [3.63, 3.8) is 0 Å². The minimum absolute atomic E-state index is 0.0469. The number of thioether (sulfide) groups is 1. The number of nitrogens with zero attached hydrogens (tertiary/aromatic N) is 3. The molecule has 1 fully saturated rings. The van der Waals surface area contributed by atoms with Gasteiger partial charge in [-0.2, -0.15) is 0 Å². The van der Waals surface area contributed by atoms with Gasteiger partial charge in [0.1, 0.15) is 5.69 Å². The fraction of sp³-hybridized carbons (Fsp3) is 0.522. The second-order valence-corrected chi connectivity index (χ2v) is 9.24. The Labute approximate surface area is 187 Å². The molecule has 1 aromatic carbocycles. The summed E-state index contributed by atoms with van der Waals surface area (Å²) in [6, 6.07) is 9.30. The lowest BCUT2D eigenvalue weighted by atomic mass is 9.89. The van der Waals surface area contributed by atoms with Crippen molar-refractivity contribution in [1.29, 1.82) is 0 Å². The molecule has 2 amide bonds. The van der Waals surface area contributed by atoms with Crippen molar-refractivity contribution in [3.8, 4) is 5.69 Å². The molecule has 168 valence electrons. The number of nitrogens with one attached hydrogen (secondary N) is 1. The number of amides is 2. The van der Waals surface area contributed by atoms with Crippen LogP contribution in [0.3, 0.4) is 0 Å². The molecule has 0 atom stereocenters. The van der Waals surface area contributed by atoms with Gasteiger partial charge < -0.3 is 10.2 Å². The van der Waals surface area contributed by atoms with Crippen LogP contribution < -0.4 is 10.9 Å². The van der Waals surface area contributed by atoms with Crippen molar-refractivity contribution in [2.45, 2.75) is 39.0 Å². The summed E-state index contributed by atoms with van der Waals surface area (Å²) in [6.45, 7) is 2.60. The van der Waals surface area contributed by atoms with Crippen LogP contribution in [-0.4, -0.2) is 51.2 Å². The Morgan fingerprint density at radius 1 is 1.13 bits per heavy atom. The standard InChI is InChI=1S/C23H32N4O3S/c1-17-22(23(30)27(26(17)3)19-12-8-5-9-13-19)24-20(28)15-31-16-21(29)25(2)14-18-10-6-4-7-11-18/h5,8-9,12-13,18H,4,6-7,10-11,14-16H2,1-3H3,(H,24,28). The summed E-state index contributed by atoms with van der Waals surface area (Å²) < 4.78 is 3.26. The Bertz CT molecular complexity index is 961. The van der Waals surface area contributed by atoms with Crippen molar-refractivity contribution >= 4 is 29.3 Å². The van der Waals surface area contributed by atoms with Gasteiger partial charge in [0, 0.05) is 20.6 Å². The Hall–Kier alpha value is -2.48. The van der Waals surface area contributed by atoms with Gasteiger partial charge in [-0.3, -0.25) is 19.1 Å². The predicted octanol–water partition coefficient (Wildman–Crippen LogP) is 3.19. The van der Waals surface area contributed by atoms with E-state index >= 15 is 0 Å². The van der Waals surface area contributed by atoms with Gasteiger partial charge in [0.15, 0.2) is 0 Å². The molecule has 1 aliphatic carbocycles. The van der Waals surface area contributed by atoms with Crippen LogP contribution >= 0.6 is 11.8 Å². The van der Waals surface area contributed by atoms with E-state index in [-0.39, 0.29) is 34.6 Å². The van der Waals surface area contributed by atoms with Crippen LogP contribution in [0.25, 0.3) is 5.69 Å². The van der Waals surface area contributed by atoms with Gasteiger partial charge in [-0.15, -0.1) is 11.8 Å². The van der Waals surface area contributed by atoms with E-state index in [0.29, 0.717) is 11.6 Å². The summed E-state index contributed by atoms with van der Waals surface area (Å²) in [7, 11) is 3.63. The van der Waals surface area contributed by atoms with Crippen LogP contribution in [0.2, 0.25) is 0 Å². The van der Waals surface area contributed by atoms with Crippen LogP contribution in [-0.2, 0) is 16.6 Å². The molecule has 3 rings (SSSR count). The Kier molecular flexibility index (Phi) is 8.01. The van der Waals surface area contributed by atoms with Crippen LogP contribution in [0.5, 0.6) is 0 Å². The number of carbonyl (C=O) groups is 2. The Balaban J connectivity index is 1.52. The third-order valence-corrected chi connectivity index (χ3v) is 6.88. The molecule has 0 unspecified atom stereocenters. The van der Waals surface area contributed by atoms with E-state index < -0.39 is 0 Å². The SMILES string of the molecule is Cc1c(NC(=O)CSCC(=O)N(C)CC2CCCCC2)c(=O)n(-c2ccccc2)n1C. The highest BCUT2D eigenvalue weighted by atomic mass is 32.2. The maximum absolute atomic E-state index is 12.9. The molecule has 1 aromatic heterocycles. The monoisotopic (exact) mass is 444 g/mol. The number of rotatable bonds is 8. The van der Waals surface area contributed by atoms with Gasteiger partial charge in [-0.1, -0.05) is 37.5 Å². The molecule has 0 radical (unpaired) electrons. The number of hydrogen-bond acceptors (Lipinski definition) is 4. The average molecular weight is 445 g/mol. The first-order valence-corrected chi connectivity index (χ1v) is 12.0. The van der Waals surface area contributed by atoms with E-state index in [9.17, 15) is 14.4 Å². The van der Waals surface area contributed by atoms with Crippen molar-refractivity contribution in [2.75, 3.05) is 30.4 Å². The smallest absolute Gasteiger partial charge is 0.295 e. The zero-order chi connectivity index (χ0) is 22.4. The first-order chi connectivity index (χ1) is 14.9. The average Bonchev–Trinajstić information content (AvgIpc) is 2.98. The molecule has 1 heterocycles. The van der Waals surface area contributed by atoms with E-state index in [1.165, 1.54) is 48.5 Å². The summed E-state index contributed by atoms with van der Waals surface area (Å²) >= 11 is 1.28. The topological polar surface area (TPSA) is 76.3 Å². The lowest BCUT2D eigenvalue weighted by Crippen LogP contribution is -2.34. The third-order valence-electron chi connectivity index (χ3n) is 5.96. The molecule has 1 saturated carbocycles. The molecule has 0 saturated heterocycles. The van der Waals surface area contributed by atoms with Crippen LogP contribution in [0.1, 0.15) is 37.8 Å². The molecule has 1 N–H and O–H groups in total. The summed E-state index contributed by atoms with van der Waals surface area (Å²) in [5, 5.41) is 2.74. The number of anilines is 1. The highest BCUT2D eigenvalue weighted by Gasteiger charge is 2.20. The molecule has 2 aromatic rings. The number of para-hydroxylation sites is 1. The van der Waals surface area contributed by atoms with Gasteiger partial charge in [0.2, 0.25) is 11.8 Å². The van der Waals surface area contributed by atoms with Gasteiger partial charge in [-0.25, -0.2) is 4.68 Å². The summed E-state index contributed by atoms with van der Waals surface area (Å²) in [4.78, 5) is 39.5. The van der Waals surface area contributed by atoms with Crippen molar-refractivity contribution in [3.05, 3.63) is 46.4 Å². The van der Waals surface area contributed by atoms with Gasteiger partial charge in [0.05, 0.1) is 22.9 Å². The second kappa shape index (κ2) is 10.7. The summed E-state index contributed by atoms with van der Waals surface area (Å²) in [5.74, 6) is 0.758. The van der Waals surface area contributed by atoms with E-state index in [1.54, 1.807) is 23.6 Å². The lowest BCUT2D eigenvalue weighted by molar-refractivity contribution is -0.127. The molecule has 8 heteroatoms. The second-order valence-electron chi connectivity index (χ2n) is 8.26. The van der Waals surface area contributed by atoms with Crippen molar-refractivity contribution in [1.82, 2.24) is 14.3 Å². The number of aromatic nitrogens is 2. The minimum Gasteiger partial charge on any atom is -0.345 e. The Morgan fingerprint density at radius 2 is 1.81 bits per heavy atom. The van der Waals surface area contributed by atoms with Gasteiger partial charge >= 0.3 is 0 Å². The largest absolute Gasteiger partial charge is 0.345 e. The molecule has 31 heavy (non-hydrogen) atoms. The third kappa shape index (κ3) is 5.81. The highest BCUT2D eigenvalue weighted by molar-refractivity contribution is 8.00. The summed E-state index contributed by atoms with van der Waals surface area (Å²) in [5.41, 5.74) is 1.42. The molecule has 0 spiro atoms. The highest BCUT2D eigenvalue weighted by Crippen LogP contribution is 2.24. The minimum atomic E-state index is -0.279. The molecule has 0 bridgehead atoms. The van der Waals surface area contributed by atoms with E-state index in [4.69, 9.17) is 0 Å². The number of benzene rings is 1. The van der Waals surface area contributed by atoms with Gasteiger partial charge in [-0.05, 0) is 37.8 Å². The quantitative estimate of drug-likeness (QED) is 0.678. The first kappa shape index (κ1) is 23.2. The Morgan fingerprint density at radius 3 is 2.48 bits per heavy atom. The van der Waals surface area contributed by atoms with E-state index in [1.807, 2.05) is 37.4 Å². The molecule has 7 nitrogen and oxygen atoms in total. The predicted molar refractivity (Wildman–Crippen MR) is 126 cm³/mol. The van der Waals surface area contributed by atoms with Gasteiger partial charge in [0.25, 0.3) is 5.56 Å². The molecule has 0 aliphatic heterocycles. The van der Waals surface area contributed by atoms with Crippen LogP contribution in [0, 0.1) is 12.8 Å². The number of hydrogen-bond donors (Lipinski definition) is 1. The summed E-state index contributed by atoms with van der Waals surface area (Å²) in [6.07, 6.45) is 6.21. The molecular weight excluding hydrogens is 412 g/mol. The van der Waals surface area contributed by atoms with Crippen molar-refractivity contribution in [2.24, 2.45) is 13.0 Å². The van der Waals surface area contributed by atoms with Crippen LogP contribution in [0.15, 0.2) is 35.1 Å². The lowest BCUT2D eigenvalue weighted by Gasteiger charge is -2.27. The van der Waals surface area contributed by atoms with E-state index in [0.717, 1.165) is 12.2 Å².